The van der Waals surface area contributed by atoms with E-state index in [0.717, 1.165) is 37.8 Å². The van der Waals surface area contributed by atoms with E-state index < -0.39 is 0 Å². The highest BCUT2D eigenvalue weighted by atomic mass is 16.2. The highest BCUT2D eigenvalue weighted by molar-refractivity contribution is 5.91. The average Bonchev–Trinajstić information content (AvgIpc) is 3.24. The van der Waals surface area contributed by atoms with Crippen LogP contribution in [-0.4, -0.2) is 27.3 Å². The lowest BCUT2D eigenvalue weighted by Crippen LogP contribution is -2.39. The van der Waals surface area contributed by atoms with Gasteiger partial charge in [-0.3, -0.25) is 9.59 Å². The van der Waals surface area contributed by atoms with E-state index in [1.165, 1.54) is 6.07 Å². The number of benzene rings is 1. The molecule has 1 N–H and O–H groups in total. The van der Waals surface area contributed by atoms with Gasteiger partial charge >= 0.3 is 0 Å². The quantitative estimate of drug-likeness (QED) is 0.943. The zero-order valence-corrected chi connectivity index (χ0v) is 13.8. The summed E-state index contributed by atoms with van der Waals surface area (Å²) in [6, 6.07) is 11.4. The minimum Gasteiger partial charge on any atom is -0.332 e. The normalized spacial score (nSPS) is 21.7. The van der Waals surface area contributed by atoms with E-state index in [1.54, 1.807) is 0 Å². The van der Waals surface area contributed by atoms with Crippen molar-refractivity contribution in [2.45, 2.75) is 44.1 Å². The van der Waals surface area contributed by atoms with Crippen LogP contribution in [-0.2, 0) is 10.2 Å². The zero-order chi connectivity index (χ0) is 16.7. The molecule has 2 aromatic rings. The molecule has 0 bridgehead atoms. The van der Waals surface area contributed by atoms with Gasteiger partial charge in [-0.25, -0.2) is 4.98 Å². The maximum Gasteiger partial charge on any atom is 0.251 e. The summed E-state index contributed by atoms with van der Waals surface area (Å²) in [5.41, 5.74) is 1.28. The van der Waals surface area contributed by atoms with Crippen LogP contribution >= 0.6 is 0 Å². The molecule has 2 aliphatic rings. The van der Waals surface area contributed by atoms with Gasteiger partial charge in [0.1, 0.15) is 5.82 Å². The first-order valence-corrected chi connectivity index (χ1v) is 8.55. The number of carbonyl (C=O) groups is 1. The molecule has 5 heteroatoms. The second kappa shape index (κ2) is 5.58. The van der Waals surface area contributed by atoms with Crippen LogP contribution in [0.1, 0.15) is 48.8 Å². The average molecular weight is 323 g/mol. The van der Waals surface area contributed by atoms with E-state index in [4.69, 9.17) is 0 Å². The standard InChI is InChI=1S/C19H21N3O2/c1-13-12-16(23)21-17(20-13)15-8-5-11-22(15)18(24)19(9-10-19)14-6-3-2-4-7-14/h2-4,6-7,12,15H,5,8-11H2,1H3,(H,20,21,23)/t15-/m1/s1. The number of hydrogen-bond acceptors (Lipinski definition) is 3. The summed E-state index contributed by atoms with van der Waals surface area (Å²) in [6.07, 6.45) is 3.59. The summed E-state index contributed by atoms with van der Waals surface area (Å²) in [5.74, 6) is 0.801. The number of H-pyrrole nitrogens is 1. The van der Waals surface area contributed by atoms with Crippen LogP contribution in [0.2, 0.25) is 0 Å². The molecule has 1 aliphatic heterocycles. The van der Waals surface area contributed by atoms with E-state index in [2.05, 4.69) is 9.97 Å². The fourth-order valence-corrected chi connectivity index (χ4v) is 3.84. The first-order valence-electron chi connectivity index (χ1n) is 8.55. The summed E-state index contributed by atoms with van der Waals surface area (Å²) < 4.78 is 0. The van der Waals surface area contributed by atoms with Crippen molar-refractivity contribution in [3.05, 3.63) is 63.8 Å². The van der Waals surface area contributed by atoms with Crippen LogP contribution in [0, 0.1) is 6.92 Å². The Balaban J connectivity index is 1.66. The molecule has 1 saturated heterocycles. The predicted molar refractivity (Wildman–Crippen MR) is 90.6 cm³/mol. The highest BCUT2D eigenvalue weighted by Crippen LogP contribution is 2.51. The zero-order valence-electron chi connectivity index (χ0n) is 13.8. The number of likely N-dealkylation sites (tertiary alicyclic amines) is 1. The van der Waals surface area contributed by atoms with Crippen LogP contribution < -0.4 is 5.56 Å². The van der Waals surface area contributed by atoms with Gasteiger partial charge in [0.15, 0.2) is 0 Å². The summed E-state index contributed by atoms with van der Waals surface area (Å²) in [6.45, 7) is 2.54. The van der Waals surface area contributed by atoms with Crippen molar-refractivity contribution in [3.8, 4) is 0 Å². The molecule has 1 saturated carbocycles. The molecule has 5 nitrogen and oxygen atoms in total. The third kappa shape index (κ3) is 2.44. The number of rotatable bonds is 3. The minimum atomic E-state index is -0.367. The van der Waals surface area contributed by atoms with Crippen molar-refractivity contribution in [2.24, 2.45) is 0 Å². The molecule has 1 aliphatic carbocycles. The SMILES string of the molecule is Cc1cc(=O)[nH]c([C@H]2CCCN2C(=O)C2(c3ccccc3)CC2)n1. The lowest BCUT2D eigenvalue weighted by molar-refractivity contribution is -0.135. The van der Waals surface area contributed by atoms with Gasteiger partial charge in [0.25, 0.3) is 5.56 Å². The highest BCUT2D eigenvalue weighted by Gasteiger charge is 2.54. The summed E-state index contributed by atoms with van der Waals surface area (Å²) in [4.78, 5) is 34.3. The van der Waals surface area contributed by atoms with Crippen molar-refractivity contribution in [1.29, 1.82) is 0 Å². The van der Waals surface area contributed by atoms with Gasteiger partial charge in [0.2, 0.25) is 5.91 Å². The molecule has 1 aromatic heterocycles. The minimum absolute atomic E-state index is 0.119. The Hall–Kier alpha value is -2.43. The Morgan fingerprint density at radius 1 is 1.29 bits per heavy atom. The first-order chi connectivity index (χ1) is 11.6. The molecule has 4 rings (SSSR count). The van der Waals surface area contributed by atoms with Gasteiger partial charge in [-0.15, -0.1) is 0 Å². The number of hydrogen-bond donors (Lipinski definition) is 1. The summed E-state index contributed by atoms with van der Waals surface area (Å²) >= 11 is 0. The second-order valence-corrected chi connectivity index (χ2v) is 6.88. The van der Waals surface area contributed by atoms with E-state index in [-0.39, 0.29) is 22.9 Å². The lowest BCUT2D eigenvalue weighted by Gasteiger charge is -2.28. The molecule has 2 heterocycles. The Bertz CT molecular complexity index is 824. The van der Waals surface area contributed by atoms with Gasteiger partial charge in [-0.05, 0) is 38.2 Å². The smallest absolute Gasteiger partial charge is 0.251 e. The van der Waals surface area contributed by atoms with E-state index in [9.17, 15) is 9.59 Å². The number of nitrogens with zero attached hydrogens (tertiary/aromatic N) is 2. The van der Waals surface area contributed by atoms with Gasteiger partial charge in [-0.2, -0.15) is 0 Å². The molecular formula is C19H21N3O2. The van der Waals surface area contributed by atoms with Crippen LogP contribution in [0.3, 0.4) is 0 Å². The van der Waals surface area contributed by atoms with Crippen molar-refractivity contribution in [3.63, 3.8) is 0 Å². The fourth-order valence-electron chi connectivity index (χ4n) is 3.84. The Labute approximate surface area is 140 Å². The lowest BCUT2D eigenvalue weighted by atomic mass is 9.94. The molecule has 0 spiro atoms. The number of carbonyl (C=O) groups excluding carboxylic acids is 1. The van der Waals surface area contributed by atoms with Crippen molar-refractivity contribution in [1.82, 2.24) is 14.9 Å². The monoisotopic (exact) mass is 323 g/mol. The van der Waals surface area contributed by atoms with Crippen molar-refractivity contribution >= 4 is 5.91 Å². The molecule has 24 heavy (non-hydrogen) atoms. The van der Waals surface area contributed by atoms with Crippen LogP contribution in [0.25, 0.3) is 0 Å². The molecule has 124 valence electrons. The number of aromatic amines is 1. The number of nitrogens with one attached hydrogen (secondary N) is 1. The predicted octanol–water partition coefficient (Wildman–Crippen LogP) is 2.47. The third-order valence-corrected chi connectivity index (χ3v) is 5.20. The summed E-state index contributed by atoms with van der Waals surface area (Å²) in [7, 11) is 0. The Morgan fingerprint density at radius 3 is 2.71 bits per heavy atom. The van der Waals surface area contributed by atoms with Gasteiger partial charge in [0, 0.05) is 18.3 Å². The molecule has 0 unspecified atom stereocenters. The maximum atomic E-state index is 13.3. The van der Waals surface area contributed by atoms with Crippen LogP contribution in [0.4, 0.5) is 0 Å². The van der Waals surface area contributed by atoms with Crippen molar-refractivity contribution < 1.29 is 4.79 Å². The largest absolute Gasteiger partial charge is 0.332 e. The molecule has 1 amide bonds. The molecule has 2 fully saturated rings. The second-order valence-electron chi connectivity index (χ2n) is 6.88. The van der Waals surface area contributed by atoms with Gasteiger partial charge in [-0.1, -0.05) is 30.3 Å². The van der Waals surface area contributed by atoms with E-state index >= 15 is 0 Å². The number of aromatic nitrogens is 2. The molecule has 1 atom stereocenters. The Morgan fingerprint density at radius 2 is 2.04 bits per heavy atom. The van der Waals surface area contributed by atoms with Crippen molar-refractivity contribution in [2.75, 3.05) is 6.54 Å². The fraction of sp³-hybridized carbons (Fsp3) is 0.421. The maximum absolute atomic E-state index is 13.3. The van der Waals surface area contributed by atoms with Crippen LogP contribution in [0.15, 0.2) is 41.2 Å². The van der Waals surface area contributed by atoms with E-state index in [0.29, 0.717) is 11.5 Å². The summed E-state index contributed by atoms with van der Waals surface area (Å²) in [5, 5.41) is 0. The third-order valence-electron chi connectivity index (χ3n) is 5.20. The molecule has 1 aromatic carbocycles. The number of amides is 1. The first kappa shape index (κ1) is 15.1. The molecular weight excluding hydrogens is 302 g/mol. The Kier molecular flexibility index (Phi) is 3.52. The molecule has 0 radical (unpaired) electrons. The van der Waals surface area contributed by atoms with E-state index in [1.807, 2.05) is 42.2 Å². The van der Waals surface area contributed by atoms with Gasteiger partial charge in [0.05, 0.1) is 11.5 Å². The topological polar surface area (TPSA) is 66.1 Å². The van der Waals surface area contributed by atoms with Crippen LogP contribution in [0.5, 0.6) is 0 Å². The number of aryl methyl sites for hydroxylation is 1. The van der Waals surface area contributed by atoms with Gasteiger partial charge < -0.3 is 9.88 Å².